The summed E-state index contributed by atoms with van der Waals surface area (Å²) >= 11 is 3.73. The molecular formula is C14H17BrN2. The van der Waals surface area contributed by atoms with Crippen molar-refractivity contribution in [1.82, 2.24) is 4.57 Å². The highest BCUT2D eigenvalue weighted by atomic mass is 79.9. The van der Waals surface area contributed by atoms with Crippen molar-refractivity contribution in [2.75, 3.05) is 0 Å². The van der Waals surface area contributed by atoms with Crippen LogP contribution in [0.3, 0.4) is 0 Å². The van der Waals surface area contributed by atoms with Crippen molar-refractivity contribution in [3.63, 3.8) is 0 Å². The Morgan fingerprint density at radius 2 is 2.18 bits per heavy atom. The topological polar surface area (TPSA) is 30.9 Å². The Morgan fingerprint density at radius 3 is 2.88 bits per heavy atom. The molecule has 2 aromatic rings. The molecule has 1 aromatic carbocycles. The molecule has 0 spiro atoms. The van der Waals surface area contributed by atoms with Gasteiger partial charge >= 0.3 is 0 Å². The standard InChI is InChI=1S/C14H17BrN2/c1-8(16)11-6-10-4-3-5-17-9(2)13(15)12(7-11)14(10)17/h6-8H,3-5,16H2,1-2H3. The summed E-state index contributed by atoms with van der Waals surface area (Å²) in [7, 11) is 0. The number of benzene rings is 1. The number of aryl methyl sites for hydroxylation is 2. The maximum absolute atomic E-state index is 6.02. The van der Waals surface area contributed by atoms with E-state index in [2.05, 4.69) is 46.5 Å². The van der Waals surface area contributed by atoms with Crippen molar-refractivity contribution in [1.29, 1.82) is 0 Å². The Bertz CT molecular complexity index is 596. The average molecular weight is 293 g/mol. The van der Waals surface area contributed by atoms with Gasteiger partial charge in [-0.2, -0.15) is 0 Å². The summed E-state index contributed by atoms with van der Waals surface area (Å²) < 4.78 is 3.67. The molecule has 0 aliphatic carbocycles. The maximum Gasteiger partial charge on any atom is 0.0526 e. The van der Waals surface area contributed by atoms with Gasteiger partial charge in [-0.25, -0.2) is 0 Å². The van der Waals surface area contributed by atoms with E-state index in [-0.39, 0.29) is 6.04 Å². The second kappa shape index (κ2) is 3.85. The fourth-order valence-electron chi connectivity index (χ4n) is 2.85. The van der Waals surface area contributed by atoms with E-state index in [0.717, 1.165) is 6.54 Å². The van der Waals surface area contributed by atoms with Gasteiger partial charge in [-0.05, 0) is 59.8 Å². The molecule has 2 N–H and O–H groups in total. The average Bonchev–Trinajstić information content (AvgIpc) is 2.57. The molecular weight excluding hydrogens is 276 g/mol. The van der Waals surface area contributed by atoms with Crippen LogP contribution in [-0.4, -0.2) is 4.57 Å². The van der Waals surface area contributed by atoms with Crippen LogP contribution in [0, 0.1) is 6.92 Å². The summed E-state index contributed by atoms with van der Waals surface area (Å²) in [4.78, 5) is 0. The molecule has 0 saturated heterocycles. The number of halogens is 1. The SMILES string of the molecule is Cc1c(Br)c2cc(C(C)N)cc3c2n1CCC3. The van der Waals surface area contributed by atoms with E-state index < -0.39 is 0 Å². The molecule has 1 atom stereocenters. The van der Waals surface area contributed by atoms with Crippen molar-refractivity contribution >= 4 is 26.8 Å². The molecule has 17 heavy (non-hydrogen) atoms. The molecule has 0 fully saturated rings. The predicted octanol–water partition coefficient (Wildman–Crippen LogP) is 3.68. The third kappa shape index (κ3) is 1.56. The number of nitrogens with zero attached hydrogens (tertiary/aromatic N) is 1. The molecule has 2 heterocycles. The minimum atomic E-state index is 0.105. The van der Waals surface area contributed by atoms with Gasteiger partial charge < -0.3 is 10.3 Å². The molecule has 0 amide bonds. The second-order valence-electron chi connectivity index (χ2n) is 5.02. The van der Waals surface area contributed by atoms with E-state index in [1.807, 2.05) is 0 Å². The van der Waals surface area contributed by atoms with Gasteiger partial charge in [0.1, 0.15) is 0 Å². The summed E-state index contributed by atoms with van der Waals surface area (Å²) in [5.74, 6) is 0. The molecule has 1 aliphatic heterocycles. The van der Waals surface area contributed by atoms with Crippen molar-refractivity contribution in [2.24, 2.45) is 5.73 Å². The van der Waals surface area contributed by atoms with Crippen LogP contribution in [0.5, 0.6) is 0 Å². The predicted molar refractivity (Wildman–Crippen MR) is 75.3 cm³/mol. The van der Waals surface area contributed by atoms with Crippen LogP contribution in [0.15, 0.2) is 16.6 Å². The lowest BCUT2D eigenvalue weighted by atomic mass is 9.98. The van der Waals surface area contributed by atoms with Crippen LogP contribution in [0.4, 0.5) is 0 Å². The van der Waals surface area contributed by atoms with Crippen molar-refractivity contribution in [3.05, 3.63) is 33.4 Å². The fraction of sp³-hybridized carbons (Fsp3) is 0.429. The molecule has 3 heteroatoms. The van der Waals surface area contributed by atoms with E-state index in [1.54, 1.807) is 0 Å². The van der Waals surface area contributed by atoms with Gasteiger partial charge in [0, 0.05) is 28.1 Å². The van der Waals surface area contributed by atoms with E-state index in [4.69, 9.17) is 5.73 Å². The molecule has 0 bridgehead atoms. The fourth-order valence-corrected chi connectivity index (χ4v) is 3.36. The highest BCUT2D eigenvalue weighted by molar-refractivity contribution is 9.10. The molecule has 90 valence electrons. The van der Waals surface area contributed by atoms with Crippen molar-refractivity contribution < 1.29 is 0 Å². The maximum atomic E-state index is 6.02. The number of aromatic nitrogens is 1. The molecule has 2 nitrogen and oxygen atoms in total. The molecule has 1 aliphatic rings. The highest BCUT2D eigenvalue weighted by Gasteiger charge is 2.20. The zero-order chi connectivity index (χ0) is 12.2. The van der Waals surface area contributed by atoms with E-state index in [9.17, 15) is 0 Å². The van der Waals surface area contributed by atoms with Crippen LogP contribution >= 0.6 is 15.9 Å². The highest BCUT2D eigenvalue weighted by Crippen LogP contribution is 2.37. The molecule has 1 unspecified atom stereocenters. The van der Waals surface area contributed by atoms with Gasteiger partial charge in [0.05, 0.1) is 5.52 Å². The summed E-state index contributed by atoms with van der Waals surface area (Å²) in [6.45, 7) is 5.37. The number of hydrogen-bond donors (Lipinski definition) is 1. The van der Waals surface area contributed by atoms with E-state index in [1.165, 1.54) is 45.0 Å². The summed E-state index contributed by atoms with van der Waals surface area (Å²) in [5, 5.41) is 1.33. The lowest BCUT2D eigenvalue weighted by Crippen LogP contribution is -2.11. The Balaban J connectivity index is 2.41. The van der Waals surface area contributed by atoms with Crippen LogP contribution in [0.1, 0.15) is 36.2 Å². The number of hydrogen-bond acceptors (Lipinski definition) is 1. The van der Waals surface area contributed by atoms with Crippen LogP contribution in [0.2, 0.25) is 0 Å². The molecule has 0 saturated carbocycles. The molecule has 3 rings (SSSR count). The van der Waals surface area contributed by atoms with E-state index in [0.29, 0.717) is 0 Å². The molecule has 0 radical (unpaired) electrons. The van der Waals surface area contributed by atoms with Crippen LogP contribution in [0.25, 0.3) is 10.9 Å². The Labute approximate surface area is 110 Å². The van der Waals surface area contributed by atoms with Crippen LogP contribution in [-0.2, 0) is 13.0 Å². The second-order valence-corrected chi connectivity index (χ2v) is 5.81. The Hall–Kier alpha value is -0.800. The first kappa shape index (κ1) is 11.3. The first-order valence-corrected chi connectivity index (χ1v) is 6.95. The van der Waals surface area contributed by atoms with Gasteiger partial charge in [0.25, 0.3) is 0 Å². The largest absolute Gasteiger partial charge is 0.343 e. The van der Waals surface area contributed by atoms with Gasteiger partial charge in [-0.1, -0.05) is 6.07 Å². The smallest absolute Gasteiger partial charge is 0.0526 e. The lowest BCUT2D eigenvalue weighted by molar-refractivity contribution is 0.621. The van der Waals surface area contributed by atoms with Crippen molar-refractivity contribution in [3.8, 4) is 0 Å². The van der Waals surface area contributed by atoms with E-state index >= 15 is 0 Å². The monoisotopic (exact) mass is 292 g/mol. The normalized spacial score (nSPS) is 16.5. The third-order valence-electron chi connectivity index (χ3n) is 3.79. The quantitative estimate of drug-likeness (QED) is 0.854. The summed E-state index contributed by atoms with van der Waals surface area (Å²) in [5.41, 5.74) is 11.5. The minimum absolute atomic E-state index is 0.105. The third-order valence-corrected chi connectivity index (χ3v) is 4.79. The molecule has 1 aromatic heterocycles. The Morgan fingerprint density at radius 1 is 1.41 bits per heavy atom. The number of nitrogens with two attached hydrogens (primary N) is 1. The minimum Gasteiger partial charge on any atom is -0.343 e. The lowest BCUT2D eigenvalue weighted by Gasteiger charge is -2.18. The van der Waals surface area contributed by atoms with Crippen LogP contribution < -0.4 is 5.73 Å². The summed E-state index contributed by atoms with van der Waals surface area (Å²) in [6.07, 6.45) is 2.40. The van der Waals surface area contributed by atoms with Gasteiger partial charge in [-0.3, -0.25) is 0 Å². The number of rotatable bonds is 1. The Kier molecular flexibility index (Phi) is 2.56. The van der Waals surface area contributed by atoms with Gasteiger partial charge in [0.2, 0.25) is 0 Å². The van der Waals surface area contributed by atoms with Crippen molar-refractivity contribution in [2.45, 2.75) is 39.3 Å². The van der Waals surface area contributed by atoms with Gasteiger partial charge in [-0.15, -0.1) is 0 Å². The summed E-state index contributed by atoms with van der Waals surface area (Å²) in [6, 6.07) is 4.63. The zero-order valence-corrected chi connectivity index (χ0v) is 11.8. The zero-order valence-electron chi connectivity index (χ0n) is 10.3. The van der Waals surface area contributed by atoms with Gasteiger partial charge in [0.15, 0.2) is 0 Å². The first-order chi connectivity index (χ1) is 8.09. The first-order valence-electron chi connectivity index (χ1n) is 6.16.